The molecule has 0 N–H and O–H groups in total. The van der Waals surface area contributed by atoms with Crippen LogP contribution in [0, 0.1) is 0 Å². The van der Waals surface area contributed by atoms with Gasteiger partial charge in [-0.1, -0.05) is 55.5 Å². The first-order chi connectivity index (χ1) is 14.1. The van der Waals surface area contributed by atoms with Gasteiger partial charge >= 0.3 is 0 Å². The van der Waals surface area contributed by atoms with E-state index < -0.39 is 5.72 Å². The molecule has 0 bridgehead atoms. The molecule has 2 aromatic carbocycles. The number of para-hydroxylation sites is 1. The molecule has 0 saturated heterocycles. The Labute approximate surface area is 170 Å². The predicted molar refractivity (Wildman–Crippen MR) is 112 cm³/mol. The first kappa shape index (κ1) is 17.9. The zero-order chi connectivity index (χ0) is 20.0. The van der Waals surface area contributed by atoms with Crippen molar-refractivity contribution in [3.63, 3.8) is 0 Å². The summed E-state index contributed by atoms with van der Waals surface area (Å²) in [4.78, 5) is 17.4. The second kappa shape index (κ2) is 6.69. The molecule has 1 aliphatic carbocycles. The molecular weight excluding hydrogens is 362 g/mol. The van der Waals surface area contributed by atoms with Gasteiger partial charge in [0.15, 0.2) is 0 Å². The molecule has 1 fully saturated rings. The van der Waals surface area contributed by atoms with Gasteiger partial charge in [0.1, 0.15) is 0 Å². The van der Waals surface area contributed by atoms with Crippen molar-refractivity contribution in [2.75, 3.05) is 0 Å². The molecule has 3 aromatic rings. The van der Waals surface area contributed by atoms with Crippen LogP contribution < -0.4 is 0 Å². The lowest BCUT2D eigenvalue weighted by atomic mass is 9.99. The molecular formula is C24H23N3O2. The maximum atomic E-state index is 12.5. The van der Waals surface area contributed by atoms with E-state index in [1.807, 2.05) is 61.5 Å². The van der Waals surface area contributed by atoms with Crippen LogP contribution in [0.4, 0.5) is 0 Å². The standard InChI is InChI=1S/C24H23N3O2/c1-3-24(18-9-5-4-6-10-18)27(16(2)28)26-23(29-24)20-15-22(17-13-14-17)25-21-12-8-7-11-19(20)21/h4-12,15,17H,3,13-14H2,1-2H3. The van der Waals surface area contributed by atoms with Crippen LogP contribution >= 0.6 is 0 Å². The number of nitrogens with zero attached hydrogens (tertiary/aromatic N) is 3. The van der Waals surface area contributed by atoms with Gasteiger partial charge in [-0.05, 0) is 25.0 Å². The second-order valence-electron chi connectivity index (χ2n) is 7.73. The highest BCUT2D eigenvalue weighted by Crippen LogP contribution is 2.43. The lowest BCUT2D eigenvalue weighted by molar-refractivity contribution is -0.149. The first-order valence-electron chi connectivity index (χ1n) is 10.2. The Morgan fingerprint density at radius 3 is 2.55 bits per heavy atom. The van der Waals surface area contributed by atoms with Crippen LogP contribution in [0.15, 0.2) is 65.8 Å². The van der Waals surface area contributed by atoms with E-state index in [1.54, 1.807) is 0 Å². The number of fused-ring (bicyclic) bond motifs is 1. The summed E-state index contributed by atoms with van der Waals surface area (Å²) in [5.41, 5.74) is 2.88. The zero-order valence-electron chi connectivity index (χ0n) is 16.6. The van der Waals surface area contributed by atoms with Crippen molar-refractivity contribution in [1.82, 2.24) is 9.99 Å². The lowest BCUT2D eigenvalue weighted by Gasteiger charge is -2.33. The molecule has 1 unspecified atom stereocenters. The lowest BCUT2D eigenvalue weighted by Crippen LogP contribution is -2.43. The molecule has 1 aliphatic heterocycles. The van der Waals surface area contributed by atoms with E-state index in [1.165, 1.54) is 24.8 Å². The third-order valence-electron chi connectivity index (χ3n) is 5.76. The number of hydrogen-bond acceptors (Lipinski definition) is 4. The third kappa shape index (κ3) is 2.89. The van der Waals surface area contributed by atoms with E-state index in [0.717, 1.165) is 27.7 Å². The molecule has 0 radical (unpaired) electrons. The van der Waals surface area contributed by atoms with Crippen LogP contribution in [0.1, 0.15) is 55.8 Å². The van der Waals surface area contributed by atoms with Crippen molar-refractivity contribution >= 4 is 22.7 Å². The highest BCUT2D eigenvalue weighted by molar-refractivity contribution is 6.07. The van der Waals surface area contributed by atoms with E-state index in [-0.39, 0.29) is 5.91 Å². The summed E-state index contributed by atoms with van der Waals surface area (Å²) in [6.07, 6.45) is 2.92. The van der Waals surface area contributed by atoms with Gasteiger partial charge in [-0.2, -0.15) is 5.01 Å². The highest BCUT2D eigenvalue weighted by atomic mass is 16.6. The fourth-order valence-electron chi connectivity index (χ4n) is 4.10. The number of pyridine rings is 1. The quantitative estimate of drug-likeness (QED) is 0.641. The maximum absolute atomic E-state index is 12.5. The van der Waals surface area contributed by atoms with Gasteiger partial charge in [-0.15, -0.1) is 5.10 Å². The predicted octanol–water partition coefficient (Wildman–Crippen LogP) is 4.92. The Hall–Kier alpha value is -3.21. The van der Waals surface area contributed by atoms with E-state index in [2.05, 4.69) is 11.2 Å². The van der Waals surface area contributed by atoms with Crippen molar-refractivity contribution in [3.8, 4) is 0 Å². The van der Waals surface area contributed by atoms with Crippen LogP contribution in [0.25, 0.3) is 10.9 Å². The fourth-order valence-corrected chi connectivity index (χ4v) is 4.10. The summed E-state index contributed by atoms with van der Waals surface area (Å²) in [5.74, 6) is 0.840. The van der Waals surface area contributed by atoms with E-state index in [0.29, 0.717) is 18.2 Å². The molecule has 1 saturated carbocycles. The van der Waals surface area contributed by atoms with Crippen LogP contribution in [0.3, 0.4) is 0 Å². The minimum absolute atomic E-state index is 0.147. The molecule has 0 spiro atoms. The minimum atomic E-state index is -0.938. The molecule has 5 rings (SSSR count). The average molecular weight is 385 g/mol. The number of aromatic nitrogens is 1. The van der Waals surface area contributed by atoms with Crippen molar-refractivity contribution in [2.45, 2.75) is 44.8 Å². The first-order valence-corrected chi connectivity index (χ1v) is 10.2. The Kier molecular flexibility index (Phi) is 4.12. The topological polar surface area (TPSA) is 54.8 Å². The number of rotatable bonds is 4. The number of carbonyl (C=O) groups is 1. The van der Waals surface area contributed by atoms with Crippen LogP contribution in [0.2, 0.25) is 0 Å². The van der Waals surface area contributed by atoms with E-state index in [9.17, 15) is 4.79 Å². The summed E-state index contributed by atoms with van der Waals surface area (Å²) < 4.78 is 6.53. The summed E-state index contributed by atoms with van der Waals surface area (Å²) in [7, 11) is 0. The fraction of sp³-hybridized carbons (Fsp3) is 0.292. The van der Waals surface area contributed by atoms with Gasteiger partial charge < -0.3 is 4.74 Å². The van der Waals surface area contributed by atoms with Gasteiger partial charge in [0, 0.05) is 41.5 Å². The van der Waals surface area contributed by atoms with Gasteiger partial charge in [0.2, 0.25) is 17.5 Å². The van der Waals surface area contributed by atoms with Gasteiger partial charge in [0.25, 0.3) is 0 Å². The molecule has 1 amide bonds. The number of benzene rings is 2. The average Bonchev–Trinajstić information content (AvgIpc) is 3.53. The molecule has 2 heterocycles. The van der Waals surface area contributed by atoms with Crippen molar-refractivity contribution in [3.05, 3.63) is 77.5 Å². The number of amides is 1. The van der Waals surface area contributed by atoms with Gasteiger partial charge in [-0.25, -0.2) is 0 Å². The number of ether oxygens (including phenoxy) is 1. The summed E-state index contributed by atoms with van der Waals surface area (Å²) in [6.45, 7) is 3.55. The van der Waals surface area contributed by atoms with Crippen LogP contribution in [-0.4, -0.2) is 21.8 Å². The number of hydrogen-bond donors (Lipinski definition) is 0. The monoisotopic (exact) mass is 385 g/mol. The van der Waals surface area contributed by atoms with Crippen LogP contribution in [0.5, 0.6) is 0 Å². The third-order valence-corrected chi connectivity index (χ3v) is 5.76. The van der Waals surface area contributed by atoms with Gasteiger partial charge in [-0.3, -0.25) is 9.78 Å². The SMILES string of the molecule is CCC1(c2ccccc2)OC(c2cc(C3CC3)nc3ccccc23)=NN1C(C)=O. The van der Waals surface area contributed by atoms with Crippen LogP contribution in [-0.2, 0) is 15.3 Å². The van der Waals surface area contributed by atoms with E-state index >= 15 is 0 Å². The summed E-state index contributed by atoms with van der Waals surface area (Å²) >= 11 is 0. The Morgan fingerprint density at radius 1 is 1.14 bits per heavy atom. The summed E-state index contributed by atoms with van der Waals surface area (Å²) in [5, 5.41) is 7.16. The normalized spacial score (nSPS) is 21.2. The number of carbonyl (C=O) groups excluding carboxylic acids is 1. The van der Waals surface area contributed by atoms with Crippen molar-refractivity contribution in [2.24, 2.45) is 5.10 Å². The Morgan fingerprint density at radius 2 is 1.86 bits per heavy atom. The highest BCUT2D eigenvalue weighted by Gasteiger charge is 2.48. The molecule has 5 heteroatoms. The largest absolute Gasteiger partial charge is 0.443 e. The smallest absolute Gasteiger partial charge is 0.243 e. The van der Waals surface area contributed by atoms with E-state index in [4.69, 9.17) is 9.72 Å². The van der Waals surface area contributed by atoms with Gasteiger partial charge in [0.05, 0.1) is 5.52 Å². The Bertz CT molecular complexity index is 1120. The maximum Gasteiger partial charge on any atom is 0.243 e. The Balaban J connectivity index is 1.67. The molecule has 1 aromatic heterocycles. The molecule has 2 aliphatic rings. The van der Waals surface area contributed by atoms with Crippen molar-refractivity contribution < 1.29 is 9.53 Å². The molecule has 29 heavy (non-hydrogen) atoms. The second-order valence-corrected chi connectivity index (χ2v) is 7.73. The zero-order valence-corrected chi connectivity index (χ0v) is 16.6. The minimum Gasteiger partial charge on any atom is -0.443 e. The molecule has 1 atom stereocenters. The molecule has 146 valence electrons. The van der Waals surface area contributed by atoms with Crippen molar-refractivity contribution in [1.29, 1.82) is 0 Å². The summed E-state index contributed by atoms with van der Waals surface area (Å²) in [6, 6.07) is 20.0. The molecule has 5 nitrogen and oxygen atoms in total. The number of hydrazone groups is 1.